The van der Waals surface area contributed by atoms with Gasteiger partial charge in [0.15, 0.2) is 0 Å². The van der Waals surface area contributed by atoms with Crippen molar-refractivity contribution in [1.82, 2.24) is 20.4 Å². The largest absolute Gasteiger partial charge is 0.453 e. The van der Waals surface area contributed by atoms with E-state index in [4.69, 9.17) is 9.47 Å². The van der Waals surface area contributed by atoms with Gasteiger partial charge >= 0.3 is 6.09 Å². The number of hydrogen-bond donors (Lipinski definition) is 2. The molecule has 55 heavy (non-hydrogen) atoms. The number of amides is 2. The van der Waals surface area contributed by atoms with Crippen LogP contribution in [0.5, 0.6) is 0 Å². The lowest BCUT2D eigenvalue weighted by molar-refractivity contribution is -0.0657. The number of benzene rings is 3. The molecule has 3 saturated heterocycles. The number of nitrogens with one attached hydrogen (secondary N) is 2. The fourth-order valence-corrected chi connectivity index (χ4v) is 11.0. The standard InChI is InChI=1S/C42H54FN5O6S/c1-44-39(49)30-11-15-35(16-12-30)55(51,52)36-17-13-34(14-18-36)48-27-41(28-48,54-3)26-47-23-19-31(20-24-47)42(29-46-21-6-22-46,32-7-4-8-33(43)25-32)37-9-5-10-38(37)45-40(50)53-2/h4,7-8,11-18,25,31,37-38H,5-6,9-10,19-24,26-29H2,1-3H3,(H,44,49)(H,45,50)/t37-,38-,42-/m0/s1. The molecule has 3 heterocycles. The first-order valence-corrected chi connectivity index (χ1v) is 21.0. The third-order valence-corrected chi connectivity index (χ3v) is 14.6. The zero-order valence-corrected chi connectivity index (χ0v) is 33.0. The molecule has 0 bridgehead atoms. The minimum Gasteiger partial charge on any atom is -0.453 e. The van der Waals surface area contributed by atoms with E-state index in [1.54, 1.807) is 25.3 Å². The van der Waals surface area contributed by atoms with Gasteiger partial charge in [-0.05, 0) is 136 Å². The van der Waals surface area contributed by atoms with E-state index in [-0.39, 0.29) is 44.5 Å². The van der Waals surface area contributed by atoms with Crippen molar-refractivity contribution in [2.75, 3.05) is 78.5 Å². The second kappa shape index (κ2) is 16.2. The van der Waals surface area contributed by atoms with Crippen LogP contribution < -0.4 is 15.5 Å². The molecule has 1 aliphatic carbocycles. The van der Waals surface area contributed by atoms with E-state index in [1.165, 1.54) is 50.9 Å². The van der Waals surface area contributed by atoms with Crippen molar-refractivity contribution in [2.45, 2.75) is 65.4 Å². The van der Waals surface area contributed by atoms with Crippen molar-refractivity contribution in [3.8, 4) is 0 Å². The van der Waals surface area contributed by atoms with Crippen LogP contribution in [0, 0.1) is 17.7 Å². The number of alkyl carbamates (subject to hydrolysis) is 1. The van der Waals surface area contributed by atoms with Gasteiger partial charge in [-0.1, -0.05) is 18.6 Å². The van der Waals surface area contributed by atoms with Gasteiger partial charge in [-0.25, -0.2) is 17.6 Å². The number of piperidine rings is 1. The van der Waals surface area contributed by atoms with Crippen LogP contribution >= 0.6 is 0 Å². The van der Waals surface area contributed by atoms with Crippen LogP contribution in [0.15, 0.2) is 82.6 Å². The SMILES string of the molecule is CNC(=O)c1ccc(S(=O)(=O)c2ccc(N3CC(CN4CCC([C@@](CN5CCC5)(c5cccc(F)c5)[C@H]5CCC[C@@H]5NC(=O)OC)CC4)(OC)C3)cc2)cc1. The molecule has 0 unspecified atom stereocenters. The number of halogens is 1. The minimum absolute atomic E-state index is 0.0382. The van der Waals surface area contributed by atoms with Crippen molar-refractivity contribution in [3.05, 3.63) is 89.7 Å². The minimum atomic E-state index is -3.75. The summed E-state index contributed by atoms with van der Waals surface area (Å²) in [4.78, 5) is 32.0. The summed E-state index contributed by atoms with van der Waals surface area (Å²) in [6, 6.07) is 20.1. The lowest BCUT2D eigenvalue weighted by Gasteiger charge is -2.55. The third-order valence-electron chi connectivity index (χ3n) is 12.8. The lowest BCUT2D eigenvalue weighted by Crippen LogP contribution is -2.68. The Morgan fingerprint density at radius 1 is 0.873 bits per heavy atom. The molecule has 1 saturated carbocycles. The Kier molecular flexibility index (Phi) is 11.6. The fraction of sp³-hybridized carbons (Fsp3) is 0.524. The summed E-state index contributed by atoms with van der Waals surface area (Å²) in [7, 11) is 0.960. The van der Waals surface area contributed by atoms with Gasteiger partial charge in [0.25, 0.3) is 5.91 Å². The van der Waals surface area contributed by atoms with E-state index in [2.05, 4.69) is 31.4 Å². The predicted molar refractivity (Wildman–Crippen MR) is 209 cm³/mol. The number of ether oxygens (including phenoxy) is 2. The molecule has 4 fully saturated rings. The third kappa shape index (κ3) is 7.85. The monoisotopic (exact) mass is 775 g/mol. The summed E-state index contributed by atoms with van der Waals surface area (Å²) < 4.78 is 53.0. The number of rotatable bonds is 13. The molecule has 13 heteroatoms. The maximum absolute atomic E-state index is 15.1. The Morgan fingerprint density at radius 3 is 2.13 bits per heavy atom. The van der Waals surface area contributed by atoms with E-state index in [1.807, 2.05) is 18.2 Å². The van der Waals surface area contributed by atoms with Crippen molar-refractivity contribution >= 4 is 27.5 Å². The molecule has 3 atom stereocenters. The lowest BCUT2D eigenvalue weighted by atomic mass is 9.57. The van der Waals surface area contributed by atoms with E-state index >= 15 is 4.39 Å². The quantitative estimate of drug-likeness (QED) is 0.245. The van der Waals surface area contributed by atoms with E-state index < -0.39 is 15.9 Å². The summed E-state index contributed by atoms with van der Waals surface area (Å²) in [5.41, 5.74) is 1.69. The zero-order chi connectivity index (χ0) is 38.8. The summed E-state index contributed by atoms with van der Waals surface area (Å²) >= 11 is 0. The highest BCUT2D eigenvalue weighted by atomic mass is 32.2. The molecular weight excluding hydrogens is 722 g/mol. The number of carbonyl (C=O) groups is 2. The number of anilines is 1. The second-order valence-corrected chi connectivity index (χ2v) is 17.8. The van der Waals surface area contributed by atoms with Gasteiger partial charge in [-0.15, -0.1) is 0 Å². The van der Waals surface area contributed by atoms with Crippen LogP contribution in [0.25, 0.3) is 0 Å². The van der Waals surface area contributed by atoms with Gasteiger partial charge in [-0.2, -0.15) is 0 Å². The molecule has 296 valence electrons. The van der Waals surface area contributed by atoms with Crippen molar-refractivity contribution < 1.29 is 31.9 Å². The van der Waals surface area contributed by atoms with Crippen LogP contribution in [-0.4, -0.2) is 115 Å². The van der Waals surface area contributed by atoms with Crippen LogP contribution in [0.2, 0.25) is 0 Å². The van der Waals surface area contributed by atoms with Crippen molar-refractivity contribution in [2.24, 2.45) is 11.8 Å². The number of nitrogens with zero attached hydrogens (tertiary/aromatic N) is 3. The highest BCUT2D eigenvalue weighted by Gasteiger charge is 2.54. The summed E-state index contributed by atoms with van der Waals surface area (Å²) in [5.74, 6) is -0.0352. The molecule has 3 aromatic carbocycles. The van der Waals surface area contributed by atoms with Crippen LogP contribution in [-0.2, 0) is 24.7 Å². The molecule has 3 aromatic rings. The van der Waals surface area contributed by atoms with Gasteiger partial charge < -0.3 is 34.8 Å². The van der Waals surface area contributed by atoms with Crippen molar-refractivity contribution in [3.63, 3.8) is 0 Å². The van der Waals surface area contributed by atoms with Gasteiger partial charge in [0.2, 0.25) is 9.84 Å². The van der Waals surface area contributed by atoms with Crippen molar-refractivity contribution in [1.29, 1.82) is 0 Å². The average molecular weight is 776 g/mol. The molecule has 11 nitrogen and oxygen atoms in total. The highest BCUT2D eigenvalue weighted by molar-refractivity contribution is 7.91. The molecule has 7 rings (SSSR count). The first-order chi connectivity index (χ1) is 26.5. The topological polar surface area (TPSA) is 121 Å². The van der Waals surface area contributed by atoms with E-state index in [0.29, 0.717) is 24.6 Å². The molecule has 0 spiro atoms. The molecular formula is C42H54FN5O6S. The fourth-order valence-electron chi connectivity index (χ4n) is 9.78. The summed E-state index contributed by atoms with van der Waals surface area (Å²) in [6.45, 7) is 6.86. The number of methoxy groups -OCH3 is 2. The summed E-state index contributed by atoms with van der Waals surface area (Å²) in [6.07, 6.45) is 5.54. The number of hydrogen-bond acceptors (Lipinski definition) is 9. The van der Waals surface area contributed by atoms with Crippen LogP contribution in [0.4, 0.5) is 14.9 Å². The maximum Gasteiger partial charge on any atom is 0.407 e. The van der Waals surface area contributed by atoms with Gasteiger partial charge in [0.05, 0.1) is 30.0 Å². The average Bonchev–Trinajstić information content (AvgIpc) is 3.64. The Labute approximate surface area is 324 Å². The Morgan fingerprint density at radius 2 is 1.55 bits per heavy atom. The maximum atomic E-state index is 15.1. The molecule has 3 aliphatic heterocycles. The van der Waals surface area contributed by atoms with Gasteiger partial charge in [-0.3, -0.25) is 4.79 Å². The Hall–Kier alpha value is -4.04. The van der Waals surface area contributed by atoms with Crippen LogP contribution in [0.3, 0.4) is 0 Å². The molecule has 2 N–H and O–H groups in total. The number of carbonyl (C=O) groups excluding carboxylic acids is 2. The smallest absolute Gasteiger partial charge is 0.407 e. The number of likely N-dealkylation sites (tertiary alicyclic amines) is 2. The first-order valence-electron chi connectivity index (χ1n) is 19.5. The molecule has 2 amide bonds. The first kappa shape index (κ1) is 39.2. The summed E-state index contributed by atoms with van der Waals surface area (Å²) in [5, 5.41) is 5.72. The highest BCUT2D eigenvalue weighted by Crippen LogP contribution is 2.51. The van der Waals surface area contributed by atoms with E-state index in [0.717, 1.165) is 82.6 Å². The Balaban J connectivity index is 1.03. The molecule has 4 aliphatic rings. The molecule has 0 aromatic heterocycles. The Bertz CT molecular complexity index is 1930. The van der Waals surface area contributed by atoms with Gasteiger partial charge in [0.1, 0.15) is 11.4 Å². The zero-order valence-electron chi connectivity index (χ0n) is 32.1. The number of sulfone groups is 1. The predicted octanol–water partition coefficient (Wildman–Crippen LogP) is 5.10. The van der Waals surface area contributed by atoms with Gasteiger partial charge in [0, 0.05) is 50.0 Å². The van der Waals surface area contributed by atoms with E-state index in [9.17, 15) is 18.0 Å². The molecule has 0 radical (unpaired) electrons. The normalized spacial score (nSPS) is 22.9. The van der Waals surface area contributed by atoms with Crippen LogP contribution in [0.1, 0.15) is 54.4 Å². The second-order valence-electron chi connectivity index (χ2n) is 15.9.